The summed E-state index contributed by atoms with van der Waals surface area (Å²) in [6.45, 7) is 7.15. The summed E-state index contributed by atoms with van der Waals surface area (Å²) in [5, 5.41) is 37.0. The fourth-order valence-electron chi connectivity index (χ4n) is 12.1. The van der Waals surface area contributed by atoms with Crippen molar-refractivity contribution in [2.75, 3.05) is 37.8 Å². The molecule has 2 aromatic rings. The van der Waals surface area contributed by atoms with E-state index in [9.17, 15) is 63.0 Å². The molecule has 7 N–H and O–H groups in total. The minimum atomic E-state index is -5.94. The lowest BCUT2D eigenvalue weighted by atomic mass is 9.47. The van der Waals surface area contributed by atoms with E-state index in [0.717, 1.165) is 61.1 Å². The molecule has 0 spiro atoms. The van der Waals surface area contributed by atoms with Gasteiger partial charge in [-0.15, -0.1) is 0 Å². The molecule has 2 amide bonds. The number of thioether (sulfide) groups is 1. The van der Waals surface area contributed by atoms with Crippen molar-refractivity contribution in [3.63, 3.8) is 0 Å². The molecule has 2 aromatic heterocycles. The standard InChI is InChI=1S/C45H70N7O18P3S/c1-25(29-9-10-30-28-8-7-26-20-27(53)12-15-44(26,4)31(28)13-16-45(29,30)5)6-11-34(55)74-19-18-47-33(54)14-17-48-41(58)38(57)43(2,3)22-67-73(64,65)70-72(62,63)66-21-32-37(69-71(59,60)61)36(56)42(68-32)52-24-51-35-39(46)49-23-50-40(35)52/h6-7,23-24,27-32,36-38,42,53,56-57H,8-22H2,1-5H3,(H,47,54)(H,48,58)(H,62,63)(H,64,65)(H2,46,49,50)(H2,59,60,61)/p-4/t27-,28-,29+,30-,31-,32+,36+,37+,38-,42+,44-,45+/m0/s1. The number of phosphoric ester groups is 3. The molecule has 0 radical (unpaired) electrons. The first-order valence-electron chi connectivity index (χ1n) is 24.6. The summed E-state index contributed by atoms with van der Waals surface area (Å²) in [5.41, 5.74) is 7.19. The van der Waals surface area contributed by atoms with Gasteiger partial charge in [0, 0.05) is 37.1 Å². The van der Waals surface area contributed by atoms with Crippen molar-refractivity contribution < 1.29 is 85.6 Å². The van der Waals surface area contributed by atoms with Gasteiger partial charge in [-0.2, -0.15) is 0 Å². The lowest BCUT2D eigenvalue weighted by molar-refractivity contribution is -0.347. The van der Waals surface area contributed by atoms with Crippen LogP contribution in [-0.4, -0.2) is 114 Å². The van der Waals surface area contributed by atoms with Crippen LogP contribution < -0.4 is 35.9 Å². The average Bonchev–Trinajstić information content (AvgIpc) is 4.00. The first kappa shape index (κ1) is 58.7. The number of anilines is 1. The van der Waals surface area contributed by atoms with Crippen molar-refractivity contribution in [1.29, 1.82) is 0 Å². The minimum absolute atomic E-state index is 0.0139. The number of hydrogen-bond acceptors (Lipinski definition) is 23. The number of phosphoric acid groups is 3. The first-order valence-corrected chi connectivity index (χ1v) is 29.9. The van der Waals surface area contributed by atoms with Crippen molar-refractivity contribution in [3.8, 4) is 0 Å². The molecule has 0 bridgehead atoms. The first-order chi connectivity index (χ1) is 34.5. The van der Waals surface area contributed by atoms with E-state index in [1.807, 2.05) is 0 Å². The molecule has 4 aliphatic carbocycles. The molecule has 74 heavy (non-hydrogen) atoms. The number of nitrogen functional groups attached to an aromatic ring is 1. The Morgan fingerprint density at radius 3 is 2.47 bits per heavy atom. The number of aliphatic hydroxyl groups excluding tert-OH is 3. The van der Waals surface area contributed by atoms with E-state index in [-0.39, 0.29) is 65.0 Å². The summed E-state index contributed by atoms with van der Waals surface area (Å²) in [4.78, 5) is 98.1. The number of nitrogens with zero attached hydrogens (tertiary/aromatic N) is 4. The van der Waals surface area contributed by atoms with Crippen LogP contribution in [0.15, 0.2) is 36.0 Å². The van der Waals surface area contributed by atoms with Gasteiger partial charge in [-0.3, -0.25) is 28.1 Å². The summed E-state index contributed by atoms with van der Waals surface area (Å²) in [6.07, 6.45) is 5.47. The molecular weight excluding hydrogens is 1050 g/mol. The van der Waals surface area contributed by atoms with Gasteiger partial charge in [0.15, 0.2) is 22.8 Å². The molecule has 25 nitrogen and oxygen atoms in total. The Bertz CT molecular complexity index is 2620. The van der Waals surface area contributed by atoms with E-state index in [2.05, 4.69) is 76.4 Å². The van der Waals surface area contributed by atoms with Crippen LogP contribution in [-0.2, 0) is 50.7 Å². The fourth-order valence-corrected chi connectivity index (χ4v) is 15.5. The number of allylic oxidation sites excluding steroid dienone is 3. The topological polar surface area (TPSA) is 395 Å². The van der Waals surface area contributed by atoms with Crippen molar-refractivity contribution in [3.05, 3.63) is 36.0 Å². The number of aromatic nitrogens is 4. The van der Waals surface area contributed by atoms with Gasteiger partial charge in [0.25, 0.3) is 15.6 Å². The third-order valence-corrected chi connectivity index (χ3v) is 19.9. The van der Waals surface area contributed by atoms with Crippen molar-refractivity contribution >= 4 is 69.1 Å². The number of rotatable bonds is 22. The molecule has 0 aromatic carbocycles. The average molecular weight is 1120 g/mol. The second kappa shape index (κ2) is 23.1. The Morgan fingerprint density at radius 1 is 1.01 bits per heavy atom. The highest BCUT2D eigenvalue weighted by Gasteiger charge is 2.59. The number of ether oxygens (including phenoxy) is 1. The van der Waals surface area contributed by atoms with Gasteiger partial charge in [0.2, 0.25) is 11.8 Å². The highest BCUT2D eigenvalue weighted by molar-refractivity contribution is 8.13. The number of fused-ring (bicyclic) bond motifs is 6. The Labute approximate surface area is 432 Å². The van der Waals surface area contributed by atoms with Crippen LogP contribution in [0.2, 0.25) is 0 Å². The van der Waals surface area contributed by atoms with Gasteiger partial charge in [-0.05, 0) is 92.8 Å². The van der Waals surface area contributed by atoms with Crippen LogP contribution >= 0.6 is 35.2 Å². The van der Waals surface area contributed by atoms with Crippen LogP contribution in [0.25, 0.3) is 11.2 Å². The quantitative estimate of drug-likeness (QED) is 0.0551. The maximum atomic E-state index is 12.9. The van der Waals surface area contributed by atoms with Crippen molar-refractivity contribution in [2.45, 2.75) is 136 Å². The van der Waals surface area contributed by atoms with Crippen LogP contribution in [0.4, 0.5) is 5.82 Å². The lowest BCUT2D eigenvalue weighted by Crippen LogP contribution is -2.50. The molecule has 29 heteroatoms. The normalized spacial score (nSPS) is 32.4. The van der Waals surface area contributed by atoms with E-state index in [1.54, 1.807) is 0 Å². The van der Waals surface area contributed by atoms with Gasteiger partial charge >= 0.3 is 0 Å². The SMILES string of the molecule is CC(=CCC(=O)SCCNC(=O)CCNC(=O)[C@H](O)C(C)(C)COP(=O)([O-])OP(=O)([O-])OC[C@H]1O[C@@H](n2cnc3c(N)ncnc32)[C@H](O)[C@@H]1OP(=O)([O-])[O-])[C@H]1CC[C@H]2[C@@H]3CC=C4C[C@@H](O)CC[C@]4(C)[C@H]3CC[C@]12C. The lowest BCUT2D eigenvalue weighted by Gasteiger charge is -2.58. The van der Waals surface area contributed by atoms with Crippen LogP contribution in [0.1, 0.15) is 105 Å². The molecule has 14 atom stereocenters. The number of nitrogens with one attached hydrogen (secondary N) is 2. The molecule has 414 valence electrons. The summed E-state index contributed by atoms with van der Waals surface area (Å²) >= 11 is 1.12. The monoisotopic (exact) mass is 1120 g/mol. The molecule has 2 unspecified atom stereocenters. The number of amides is 2. The van der Waals surface area contributed by atoms with E-state index in [0.29, 0.717) is 29.4 Å². The summed E-state index contributed by atoms with van der Waals surface area (Å²) in [6, 6.07) is 0. The number of nitrogens with two attached hydrogens (primary N) is 1. The smallest absolute Gasteiger partial charge is 0.274 e. The van der Waals surface area contributed by atoms with Gasteiger partial charge in [0.05, 0.1) is 33.5 Å². The Hall–Kier alpha value is -3.00. The zero-order valence-electron chi connectivity index (χ0n) is 41.8. The van der Waals surface area contributed by atoms with E-state index >= 15 is 0 Å². The number of carbonyl (C=O) groups is 3. The molecule has 5 aliphatic rings. The van der Waals surface area contributed by atoms with E-state index in [1.165, 1.54) is 44.3 Å². The second-order valence-corrected chi connectivity index (χ2v) is 26.4. The van der Waals surface area contributed by atoms with E-state index in [4.69, 9.17) is 10.5 Å². The van der Waals surface area contributed by atoms with Gasteiger partial charge in [0.1, 0.15) is 36.3 Å². The van der Waals surface area contributed by atoms with Crippen LogP contribution in [0.5, 0.6) is 0 Å². The third-order valence-electron chi connectivity index (χ3n) is 16.0. The highest BCUT2D eigenvalue weighted by Crippen LogP contribution is 2.67. The van der Waals surface area contributed by atoms with Crippen molar-refractivity contribution in [1.82, 2.24) is 30.2 Å². The van der Waals surface area contributed by atoms with Gasteiger partial charge < -0.3 is 74.1 Å². The minimum Gasteiger partial charge on any atom is -0.790 e. The summed E-state index contributed by atoms with van der Waals surface area (Å²) in [7, 11) is -17.7. The van der Waals surface area contributed by atoms with Crippen LogP contribution in [0, 0.1) is 39.9 Å². The molecule has 1 aliphatic heterocycles. The summed E-state index contributed by atoms with van der Waals surface area (Å²) in [5.74, 6) is 1.16. The molecular formula is C45H66N7O18P3S-4. The molecule has 4 fully saturated rings. The second-order valence-electron chi connectivity index (χ2n) is 21.2. The summed E-state index contributed by atoms with van der Waals surface area (Å²) < 4.78 is 61.1. The largest absolute Gasteiger partial charge is 0.790 e. The zero-order chi connectivity index (χ0) is 54.2. The van der Waals surface area contributed by atoms with Crippen LogP contribution in [0.3, 0.4) is 0 Å². The molecule has 7 rings (SSSR count). The maximum absolute atomic E-state index is 12.9. The number of aliphatic hydroxyl groups is 3. The third kappa shape index (κ3) is 13.5. The molecule has 3 heterocycles. The Balaban J connectivity index is 0.787. The Morgan fingerprint density at radius 2 is 1.74 bits per heavy atom. The maximum Gasteiger partial charge on any atom is 0.274 e. The highest BCUT2D eigenvalue weighted by atomic mass is 32.2. The molecule has 3 saturated carbocycles. The zero-order valence-corrected chi connectivity index (χ0v) is 45.3. The predicted molar refractivity (Wildman–Crippen MR) is 258 cm³/mol. The fraction of sp³-hybridized carbons (Fsp3) is 0.733. The number of imidazole rings is 1. The molecule has 1 saturated heterocycles. The number of carbonyl (C=O) groups excluding carboxylic acids is 3. The number of hydrogen-bond donors (Lipinski definition) is 6. The predicted octanol–water partition coefficient (Wildman–Crippen LogP) is 1.41. The van der Waals surface area contributed by atoms with Crippen molar-refractivity contribution in [2.24, 2.45) is 39.9 Å². The van der Waals surface area contributed by atoms with Gasteiger partial charge in [-0.25, -0.2) is 19.3 Å². The van der Waals surface area contributed by atoms with Gasteiger partial charge in [-0.1, -0.05) is 62.8 Å². The Kier molecular flexibility index (Phi) is 18.4. The van der Waals surface area contributed by atoms with E-state index < -0.39 is 84.6 Å².